The number of hydrogen-bond donors (Lipinski definition) is 1. The minimum Gasteiger partial charge on any atom is -0.497 e. The van der Waals surface area contributed by atoms with Gasteiger partial charge in [-0.1, -0.05) is 36.7 Å². The third kappa shape index (κ3) is 7.48. The molecule has 0 aliphatic rings. The average molecular weight is 576 g/mol. The quantitative estimate of drug-likeness (QED) is 0.340. The summed E-state index contributed by atoms with van der Waals surface area (Å²) in [7, 11) is -2.82. The topological polar surface area (TPSA) is 96.0 Å². The molecule has 3 aromatic rings. The summed E-state index contributed by atoms with van der Waals surface area (Å²) >= 11 is 6.34. The van der Waals surface area contributed by atoms with Gasteiger partial charge >= 0.3 is 0 Å². The number of hydrogen-bond acceptors (Lipinski definition) is 5. The lowest BCUT2D eigenvalue weighted by molar-refractivity contribution is -0.139. The van der Waals surface area contributed by atoms with E-state index in [9.17, 15) is 22.4 Å². The number of nitrogens with zero attached hydrogens (tertiary/aromatic N) is 2. The summed E-state index contributed by atoms with van der Waals surface area (Å²) in [6, 6.07) is 16.4. The molecular weight excluding hydrogens is 545 g/mol. The van der Waals surface area contributed by atoms with Crippen LogP contribution in [-0.2, 0) is 26.2 Å². The third-order valence-electron chi connectivity index (χ3n) is 6.06. The highest BCUT2D eigenvalue weighted by atomic mass is 35.5. The van der Waals surface area contributed by atoms with Crippen LogP contribution in [0.25, 0.3) is 0 Å². The van der Waals surface area contributed by atoms with Crippen molar-refractivity contribution in [2.24, 2.45) is 0 Å². The Balaban J connectivity index is 2.02. The van der Waals surface area contributed by atoms with Gasteiger partial charge in [0.2, 0.25) is 11.8 Å². The molecule has 0 aliphatic carbocycles. The van der Waals surface area contributed by atoms with Crippen LogP contribution in [0.15, 0.2) is 77.7 Å². The fraction of sp³-hybridized carbons (Fsp3) is 0.286. The molecule has 8 nitrogen and oxygen atoms in total. The van der Waals surface area contributed by atoms with Crippen LogP contribution in [0.4, 0.5) is 10.1 Å². The fourth-order valence-corrected chi connectivity index (χ4v) is 5.41. The van der Waals surface area contributed by atoms with Crippen molar-refractivity contribution in [2.75, 3.05) is 24.5 Å². The van der Waals surface area contributed by atoms with Crippen LogP contribution in [0.1, 0.15) is 25.8 Å². The van der Waals surface area contributed by atoms with Gasteiger partial charge in [-0.05, 0) is 73.5 Å². The first-order valence-corrected chi connectivity index (χ1v) is 14.1. The van der Waals surface area contributed by atoms with Crippen LogP contribution < -0.4 is 14.4 Å². The Hall–Kier alpha value is -3.63. The lowest BCUT2D eigenvalue weighted by Crippen LogP contribution is -2.51. The van der Waals surface area contributed by atoms with Crippen molar-refractivity contribution in [1.29, 1.82) is 0 Å². The Morgan fingerprint density at radius 1 is 1.03 bits per heavy atom. The van der Waals surface area contributed by atoms with E-state index in [2.05, 4.69) is 5.32 Å². The van der Waals surface area contributed by atoms with Crippen molar-refractivity contribution in [1.82, 2.24) is 10.2 Å². The van der Waals surface area contributed by atoms with Gasteiger partial charge in [0.15, 0.2) is 0 Å². The number of ether oxygens (including phenoxy) is 1. The largest absolute Gasteiger partial charge is 0.497 e. The highest BCUT2D eigenvalue weighted by molar-refractivity contribution is 7.92. The van der Waals surface area contributed by atoms with Crippen molar-refractivity contribution < 1.29 is 27.1 Å². The fourth-order valence-electron chi connectivity index (χ4n) is 3.80. The van der Waals surface area contributed by atoms with E-state index >= 15 is 0 Å². The van der Waals surface area contributed by atoms with E-state index in [0.29, 0.717) is 29.3 Å². The monoisotopic (exact) mass is 575 g/mol. The second-order valence-electron chi connectivity index (χ2n) is 8.74. The maximum Gasteiger partial charge on any atom is 0.264 e. The Morgan fingerprint density at radius 3 is 2.26 bits per heavy atom. The molecule has 1 atom stereocenters. The Morgan fingerprint density at radius 2 is 1.67 bits per heavy atom. The second kappa shape index (κ2) is 13.4. The standard InChI is InChI=1S/C28H31ClFN3O5S/c1-4-17-31-28(35)20(2)32(18-21-7-5-6-8-26(21)29)27(34)19-33(23-11-9-22(30)10-12-23)39(36,37)25-15-13-24(38-3)14-16-25/h5-16,20H,4,17-19H2,1-3H3,(H,31,35). The summed E-state index contributed by atoms with van der Waals surface area (Å²) in [5, 5.41) is 3.18. The molecule has 3 rings (SSSR count). The molecule has 2 amide bonds. The summed E-state index contributed by atoms with van der Waals surface area (Å²) in [6.07, 6.45) is 0.704. The van der Waals surface area contributed by atoms with E-state index in [0.717, 1.165) is 16.4 Å². The van der Waals surface area contributed by atoms with Gasteiger partial charge in [-0.15, -0.1) is 0 Å². The minimum atomic E-state index is -4.28. The first kappa shape index (κ1) is 29.9. The molecule has 0 fully saturated rings. The molecule has 208 valence electrons. The molecule has 3 aromatic carbocycles. The van der Waals surface area contributed by atoms with E-state index in [-0.39, 0.29) is 23.0 Å². The van der Waals surface area contributed by atoms with E-state index in [1.807, 2.05) is 6.92 Å². The number of benzene rings is 3. The van der Waals surface area contributed by atoms with Crippen molar-refractivity contribution in [2.45, 2.75) is 37.8 Å². The van der Waals surface area contributed by atoms with Crippen LogP contribution in [0.5, 0.6) is 5.75 Å². The summed E-state index contributed by atoms with van der Waals surface area (Å²) in [5.41, 5.74) is 0.676. The maximum atomic E-state index is 13.8. The number of rotatable bonds is 12. The molecule has 0 aliphatic heterocycles. The Labute approximate surface area is 233 Å². The van der Waals surface area contributed by atoms with Crippen LogP contribution in [0.2, 0.25) is 5.02 Å². The molecule has 0 aromatic heterocycles. The van der Waals surface area contributed by atoms with Crippen LogP contribution in [-0.4, -0.2) is 51.4 Å². The minimum absolute atomic E-state index is 0.0287. The third-order valence-corrected chi connectivity index (χ3v) is 8.21. The first-order chi connectivity index (χ1) is 18.6. The highest BCUT2D eigenvalue weighted by Crippen LogP contribution is 2.26. The van der Waals surface area contributed by atoms with Crippen molar-refractivity contribution >= 4 is 39.1 Å². The zero-order valence-corrected chi connectivity index (χ0v) is 23.5. The molecule has 11 heteroatoms. The van der Waals surface area contributed by atoms with Gasteiger partial charge < -0.3 is 15.0 Å². The molecule has 0 radical (unpaired) electrons. The number of carbonyl (C=O) groups is 2. The Kier molecular flexibility index (Phi) is 10.3. The Bertz CT molecular complexity index is 1390. The van der Waals surface area contributed by atoms with Gasteiger partial charge in [-0.2, -0.15) is 0 Å². The number of methoxy groups -OCH3 is 1. The van der Waals surface area contributed by atoms with Gasteiger partial charge in [0.05, 0.1) is 17.7 Å². The van der Waals surface area contributed by atoms with Crippen LogP contribution in [0.3, 0.4) is 0 Å². The van der Waals surface area contributed by atoms with Crippen molar-refractivity contribution in [3.05, 3.63) is 89.2 Å². The number of carbonyl (C=O) groups excluding carboxylic acids is 2. The average Bonchev–Trinajstić information content (AvgIpc) is 2.94. The summed E-state index contributed by atoms with van der Waals surface area (Å²) in [5.74, 6) is -1.14. The zero-order valence-electron chi connectivity index (χ0n) is 21.9. The first-order valence-electron chi connectivity index (χ1n) is 12.3. The number of anilines is 1. The number of nitrogens with one attached hydrogen (secondary N) is 1. The van der Waals surface area contributed by atoms with Crippen LogP contribution >= 0.6 is 11.6 Å². The number of amides is 2. The van der Waals surface area contributed by atoms with Crippen molar-refractivity contribution in [3.63, 3.8) is 0 Å². The molecule has 0 bridgehead atoms. The molecule has 1 N–H and O–H groups in total. The van der Waals surface area contributed by atoms with Gasteiger partial charge in [-0.3, -0.25) is 13.9 Å². The molecule has 1 unspecified atom stereocenters. The summed E-state index contributed by atoms with van der Waals surface area (Å²) in [6.45, 7) is 3.22. The maximum absolute atomic E-state index is 13.8. The molecular formula is C28H31ClFN3O5S. The highest BCUT2D eigenvalue weighted by Gasteiger charge is 2.32. The van der Waals surface area contributed by atoms with E-state index in [4.69, 9.17) is 16.3 Å². The predicted molar refractivity (Wildman–Crippen MR) is 149 cm³/mol. The van der Waals surface area contributed by atoms with Gasteiger partial charge in [-0.25, -0.2) is 12.8 Å². The number of sulfonamides is 1. The smallest absolute Gasteiger partial charge is 0.264 e. The van der Waals surface area contributed by atoms with Gasteiger partial charge in [0.1, 0.15) is 24.2 Å². The lowest BCUT2D eigenvalue weighted by Gasteiger charge is -2.32. The van der Waals surface area contributed by atoms with E-state index in [1.165, 1.54) is 48.4 Å². The molecule has 39 heavy (non-hydrogen) atoms. The summed E-state index contributed by atoms with van der Waals surface area (Å²) in [4.78, 5) is 27.9. The molecule has 0 saturated carbocycles. The predicted octanol–water partition coefficient (Wildman–Crippen LogP) is 4.63. The second-order valence-corrected chi connectivity index (χ2v) is 11.0. The van der Waals surface area contributed by atoms with Crippen molar-refractivity contribution in [3.8, 4) is 5.75 Å². The normalized spacial score (nSPS) is 11.9. The summed E-state index contributed by atoms with van der Waals surface area (Å²) < 4.78 is 47.2. The van der Waals surface area contributed by atoms with E-state index < -0.39 is 34.3 Å². The zero-order chi connectivity index (χ0) is 28.6. The number of halogens is 2. The SMILES string of the molecule is CCCNC(=O)C(C)N(Cc1ccccc1Cl)C(=O)CN(c1ccc(F)cc1)S(=O)(=O)c1ccc(OC)cc1. The molecule has 0 spiro atoms. The van der Waals surface area contributed by atoms with Gasteiger partial charge in [0.25, 0.3) is 10.0 Å². The van der Waals surface area contributed by atoms with Crippen LogP contribution in [0, 0.1) is 5.82 Å². The molecule has 0 heterocycles. The molecule has 0 saturated heterocycles. The van der Waals surface area contributed by atoms with Gasteiger partial charge in [0, 0.05) is 18.1 Å². The lowest BCUT2D eigenvalue weighted by atomic mass is 10.1. The van der Waals surface area contributed by atoms with E-state index in [1.54, 1.807) is 31.2 Å².